The highest BCUT2D eigenvalue weighted by molar-refractivity contribution is 7.17. The van der Waals surface area contributed by atoms with E-state index in [4.69, 9.17) is 4.74 Å². The molecule has 1 N–H and O–H groups in total. The number of amides is 1. The van der Waals surface area contributed by atoms with Gasteiger partial charge in [-0.1, -0.05) is 29.5 Å². The molecule has 1 aromatic carbocycles. The van der Waals surface area contributed by atoms with Crippen LogP contribution in [0.5, 0.6) is 0 Å². The van der Waals surface area contributed by atoms with E-state index in [-0.39, 0.29) is 26.7 Å². The molecule has 1 atom stereocenters. The van der Waals surface area contributed by atoms with Crippen molar-refractivity contribution in [3.8, 4) is 0 Å². The lowest BCUT2D eigenvalue weighted by Gasteiger charge is -2.23. The zero-order valence-corrected chi connectivity index (χ0v) is 17.7. The highest BCUT2D eigenvalue weighted by Gasteiger charge is 2.49. The minimum absolute atomic E-state index is 0.00484. The third-order valence-corrected chi connectivity index (χ3v) is 6.10. The van der Waals surface area contributed by atoms with Crippen molar-refractivity contribution in [1.29, 1.82) is 0 Å². The molecule has 162 valence electrons. The van der Waals surface area contributed by atoms with Gasteiger partial charge in [0.15, 0.2) is 5.13 Å². The van der Waals surface area contributed by atoms with Gasteiger partial charge in [0.25, 0.3) is 5.78 Å². The van der Waals surface area contributed by atoms with Crippen LogP contribution in [0.15, 0.2) is 54.4 Å². The van der Waals surface area contributed by atoms with Crippen LogP contribution in [0.25, 0.3) is 5.76 Å². The van der Waals surface area contributed by atoms with Crippen molar-refractivity contribution in [2.24, 2.45) is 0 Å². The van der Waals surface area contributed by atoms with E-state index in [1.807, 2.05) is 0 Å². The van der Waals surface area contributed by atoms with Gasteiger partial charge in [0.2, 0.25) is 0 Å². The number of carbonyl (C=O) groups is 3. The van der Waals surface area contributed by atoms with E-state index in [9.17, 15) is 23.9 Å². The molecule has 2 aromatic heterocycles. The molecule has 3 heterocycles. The minimum atomic E-state index is -1.29. The van der Waals surface area contributed by atoms with Crippen LogP contribution in [0.1, 0.15) is 32.5 Å². The fraction of sp³-hybridized carbons (Fsp3) is 0.136. The van der Waals surface area contributed by atoms with E-state index >= 15 is 0 Å². The minimum Gasteiger partial charge on any atom is -0.507 e. The van der Waals surface area contributed by atoms with Crippen LogP contribution in [0, 0.1) is 12.7 Å². The number of hydrogen-bond donors (Lipinski definition) is 1. The third kappa shape index (κ3) is 3.44. The first-order valence-corrected chi connectivity index (χ1v) is 10.2. The quantitative estimate of drug-likeness (QED) is 0.279. The number of carbonyl (C=O) groups excluding carboxylic acids is 3. The third-order valence-electron chi connectivity index (χ3n) is 4.96. The van der Waals surface area contributed by atoms with E-state index in [2.05, 4.69) is 9.97 Å². The molecular formula is C22H16FN3O5S. The molecule has 0 aliphatic carbocycles. The number of anilines is 1. The average Bonchev–Trinajstić information content (AvgIpc) is 3.30. The lowest BCUT2D eigenvalue weighted by molar-refractivity contribution is -0.132. The van der Waals surface area contributed by atoms with Gasteiger partial charge in [-0.15, -0.1) is 0 Å². The normalized spacial score (nSPS) is 17.6. The zero-order valence-electron chi connectivity index (χ0n) is 16.9. The van der Waals surface area contributed by atoms with Gasteiger partial charge in [-0.3, -0.25) is 19.5 Å². The van der Waals surface area contributed by atoms with Gasteiger partial charge in [-0.2, -0.15) is 0 Å². The highest BCUT2D eigenvalue weighted by atomic mass is 32.1. The molecule has 0 bridgehead atoms. The maximum atomic E-state index is 14.8. The van der Waals surface area contributed by atoms with E-state index in [0.29, 0.717) is 5.69 Å². The fourth-order valence-electron chi connectivity index (χ4n) is 3.45. The summed E-state index contributed by atoms with van der Waals surface area (Å²) in [6.45, 7) is 1.55. The molecular weight excluding hydrogens is 437 g/mol. The number of benzene rings is 1. The predicted molar refractivity (Wildman–Crippen MR) is 114 cm³/mol. The second-order valence-electron chi connectivity index (χ2n) is 6.83. The van der Waals surface area contributed by atoms with Gasteiger partial charge in [-0.25, -0.2) is 14.2 Å². The zero-order chi connectivity index (χ0) is 23.0. The number of aliphatic hydroxyl groups is 1. The summed E-state index contributed by atoms with van der Waals surface area (Å²) < 4.78 is 19.6. The van der Waals surface area contributed by atoms with E-state index in [0.717, 1.165) is 16.2 Å². The first-order valence-electron chi connectivity index (χ1n) is 9.36. The molecule has 1 amide bonds. The molecule has 0 radical (unpaired) electrons. The highest BCUT2D eigenvalue weighted by Crippen LogP contribution is 2.44. The number of ether oxygens (including phenoxy) is 1. The summed E-state index contributed by atoms with van der Waals surface area (Å²) in [5.74, 6) is -3.80. The number of hydrogen-bond acceptors (Lipinski definition) is 8. The molecule has 1 saturated heterocycles. The molecule has 0 spiro atoms. The number of esters is 1. The Morgan fingerprint density at radius 3 is 2.53 bits per heavy atom. The van der Waals surface area contributed by atoms with Crippen LogP contribution in [0.3, 0.4) is 0 Å². The van der Waals surface area contributed by atoms with Crippen molar-refractivity contribution < 1.29 is 28.6 Å². The number of ketones is 1. The Hall–Kier alpha value is -3.92. The van der Waals surface area contributed by atoms with Gasteiger partial charge in [0, 0.05) is 23.5 Å². The summed E-state index contributed by atoms with van der Waals surface area (Å²) in [6.07, 6.45) is 2.83. The van der Waals surface area contributed by atoms with Crippen LogP contribution in [0.4, 0.5) is 9.52 Å². The molecule has 32 heavy (non-hydrogen) atoms. The second kappa shape index (κ2) is 8.31. The molecule has 4 rings (SSSR count). The van der Waals surface area contributed by atoms with Gasteiger partial charge >= 0.3 is 11.9 Å². The number of aromatic nitrogens is 2. The van der Waals surface area contributed by atoms with Crippen LogP contribution in [-0.2, 0) is 14.3 Å². The number of halogens is 1. The molecule has 3 aromatic rings. The maximum absolute atomic E-state index is 14.8. The second-order valence-corrected chi connectivity index (χ2v) is 7.81. The number of pyridine rings is 1. The number of aryl methyl sites for hydroxylation is 1. The Morgan fingerprint density at radius 1 is 1.19 bits per heavy atom. The summed E-state index contributed by atoms with van der Waals surface area (Å²) in [5.41, 5.74) is 0.235. The van der Waals surface area contributed by atoms with Crippen molar-refractivity contribution in [3.05, 3.63) is 81.9 Å². The Kier molecular flexibility index (Phi) is 5.54. The van der Waals surface area contributed by atoms with Crippen LogP contribution in [-0.4, -0.2) is 39.8 Å². The van der Waals surface area contributed by atoms with Gasteiger partial charge < -0.3 is 9.84 Å². The van der Waals surface area contributed by atoms with Crippen LogP contribution < -0.4 is 4.90 Å². The first-order chi connectivity index (χ1) is 15.3. The molecule has 1 fully saturated rings. The lowest BCUT2D eigenvalue weighted by Crippen LogP contribution is -2.29. The van der Waals surface area contributed by atoms with Crippen molar-refractivity contribution >= 4 is 39.9 Å². The summed E-state index contributed by atoms with van der Waals surface area (Å²) in [5, 5.41) is 10.9. The Balaban J connectivity index is 1.96. The van der Waals surface area contributed by atoms with Crippen molar-refractivity contribution in [2.75, 3.05) is 12.0 Å². The van der Waals surface area contributed by atoms with Crippen LogP contribution in [0.2, 0.25) is 0 Å². The van der Waals surface area contributed by atoms with Gasteiger partial charge in [-0.05, 0) is 25.1 Å². The van der Waals surface area contributed by atoms with Crippen molar-refractivity contribution in [1.82, 2.24) is 9.97 Å². The molecule has 8 nitrogen and oxygen atoms in total. The van der Waals surface area contributed by atoms with E-state index in [1.54, 1.807) is 13.0 Å². The largest absolute Gasteiger partial charge is 0.507 e. The summed E-state index contributed by atoms with van der Waals surface area (Å²) >= 11 is 0.840. The summed E-state index contributed by atoms with van der Waals surface area (Å²) in [6, 6.07) is 7.26. The standard InChI is InChI=1S/C22H16FN3O5S/c1-11-19(21(30)31-2)32-22(25-11)26-16(13-5-3-4-6-14(13)23)15(18(28)20(26)29)17(27)12-7-9-24-10-8-12/h3-10,16,27H,1-2H3. The van der Waals surface area contributed by atoms with Crippen molar-refractivity contribution in [2.45, 2.75) is 13.0 Å². The van der Waals surface area contributed by atoms with Crippen molar-refractivity contribution in [3.63, 3.8) is 0 Å². The topological polar surface area (TPSA) is 110 Å². The smallest absolute Gasteiger partial charge is 0.350 e. The van der Waals surface area contributed by atoms with E-state index < -0.39 is 35.3 Å². The van der Waals surface area contributed by atoms with Gasteiger partial charge in [0.1, 0.15) is 22.5 Å². The Labute approximate surface area is 185 Å². The molecule has 1 aliphatic rings. The molecule has 1 aliphatic heterocycles. The summed E-state index contributed by atoms with van der Waals surface area (Å²) in [4.78, 5) is 47.4. The molecule has 1 unspecified atom stereocenters. The Morgan fingerprint density at radius 2 is 1.88 bits per heavy atom. The lowest BCUT2D eigenvalue weighted by atomic mass is 9.95. The average molecular weight is 453 g/mol. The van der Waals surface area contributed by atoms with Crippen LogP contribution >= 0.6 is 11.3 Å². The molecule has 0 saturated carbocycles. The molecule has 10 heteroatoms. The number of aliphatic hydroxyl groups excluding tert-OH is 1. The predicted octanol–water partition coefficient (Wildman–Crippen LogP) is 3.40. The monoisotopic (exact) mass is 453 g/mol. The number of thiazole rings is 1. The number of rotatable bonds is 4. The van der Waals surface area contributed by atoms with Gasteiger partial charge in [0.05, 0.1) is 18.4 Å². The Bertz CT molecular complexity index is 1270. The maximum Gasteiger partial charge on any atom is 0.350 e. The number of methoxy groups -OCH3 is 1. The summed E-state index contributed by atoms with van der Waals surface area (Å²) in [7, 11) is 1.21. The first kappa shape index (κ1) is 21.3. The fourth-order valence-corrected chi connectivity index (χ4v) is 4.47. The SMILES string of the molecule is COC(=O)c1sc(N2C(=O)C(=O)C(=C(O)c3ccncc3)C2c2ccccc2F)nc1C. The number of Topliss-reactive ketones (excluding diaryl/α,β-unsaturated/α-hetero) is 1. The number of nitrogens with zero attached hydrogens (tertiary/aromatic N) is 3. The van der Waals surface area contributed by atoms with E-state index in [1.165, 1.54) is 49.8 Å².